The second-order valence-electron chi connectivity index (χ2n) is 6.67. The number of methoxy groups -OCH3 is 1. The number of hydrogen-bond donors (Lipinski definition) is 0. The van der Waals surface area contributed by atoms with Crippen LogP contribution in [0, 0.1) is 5.82 Å². The molecule has 0 aliphatic rings. The summed E-state index contributed by atoms with van der Waals surface area (Å²) in [5.74, 6) is 0.324. The van der Waals surface area contributed by atoms with Crippen molar-refractivity contribution in [2.45, 2.75) is 19.4 Å². The lowest BCUT2D eigenvalue weighted by Crippen LogP contribution is -2.24. The number of aromatic nitrogens is 2. The number of benzene rings is 2. The zero-order valence-corrected chi connectivity index (χ0v) is 15.4. The maximum Gasteiger partial charge on any atom is 0.275 e. The van der Waals surface area contributed by atoms with Gasteiger partial charge in [-0.3, -0.25) is 9.59 Å². The molecule has 0 bridgehead atoms. The van der Waals surface area contributed by atoms with Gasteiger partial charge < -0.3 is 13.7 Å². The third-order valence-corrected chi connectivity index (χ3v) is 4.88. The lowest BCUT2D eigenvalue weighted by atomic mass is 10.1. The van der Waals surface area contributed by atoms with E-state index in [-0.39, 0.29) is 30.7 Å². The quantitative estimate of drug-likeness (QED) is 0.515. The smallest absolute Gasteiger partial charge is 0.275 e. The number of ether oxygens (including phenoxy) is 1. The predicted octanol–water partition coefficient (Wildman–Crippen LogP) is 3.60. The Morgan fingerprint density at radius 3 is 2.57 bits per heavy atom. The van der Waals surface area contributed by atoms with E-state index in [0.717, 1.165) is 16.8 Å². The van der Waals surface area contributed by atoms with Crippen LogP contribution in [0.5, 0.6) is 5.75 Å². The van der Waals surface area contributed by atoms with Gasteiger partial charge in [-0.2, -0.15) is 0 Å². The molecule has 0 amide bonds. The Labute approximate surface area is 160 Å². The van der Waals surface area contributed by atoms with Crippen LogP contribution in [-0.4, -0.2) is 21.9 Å². The molecule has 6 heteroatoms. The first-order valence-corrected chi connectivity index (χ1v) is 9.00. The Kier molecular flexibility index (Phi) is 4.69. The van der Waals surface area contributed by atoms with E-state index in [1.807, 2.05) is 24.3 Å². The highest BCUT2D eigenvalue weighted by atomic mass is 19.1. The average Bonchev–Trinajstić information content (AvgIpc) is 3.18. The summed E-state index contributed by atoms with van der Waals surface area (Å²) in [7, 11) is 1.59. The first kappa shape index (κ1) is 18.0. The molecular formula is C22H19FN2O3. The van der Waals surface area contributed by atoms with Crippen LogP contribution in [0.4, 0.5) is 4.39 Å². The molecule has 28 heavy (non-hydrogen) atoms. The second-order valence-corrected chi connectivity index (χ2v) is 6.67. The predicted molar refractivity (Wildman–Crippen MR) is 105 cm³/mol. The van der Waals surface area contributed by atoms with E-state index >= 15 is 0 Å². The molecule has 0 saturated heterocycles. The summed E-state index contributed by atoms with van der Waals surface area (Å²) in [5, 5.41) is 0. The maximum atomic E-state index is 13.8. The summed E-state index contributed by atoms with van der Waals surface area (Å²) >= 11 is 0. The highest BCUT2D eigenvalue weighted by Crippen LogP contribution is 2.18. The second kappa shape index (κ2) is 7.31. The molecule has 5 nitrogen and oxygen atoms in total. The van der Waals surface area contributed by atoms with Crippen molar-refractivity contribution in [2.75, 3.05) is 7.11 Å². The molecule has 2 aromatic heterocycles. The van der Waals surface area contributed by atoms with E-state index in [2.05, 4.69) is 0 Å². The van der Waals surface area contributed by atoms with Crippen molar-refractivity contribution in [3.8, 4) is 5.75 Å². The normalized spacial score (nSPS) is 11.2. The zero-order chi connectivity index (χ0) is 19.7. The molecule has 0 aliphatic carbocycles. The maximum absolute atomic E-state index is 13.8. The fourth-order valence-corrected chi connectivity index (χ4v) is 3.45. The van der Waals surface area contributed by atoms with E-state index < -0.39 is 5.82 Å². The van der Waals surface area contributed by atoms with E-state index in [1.54, 1.807) is 35.9 Å². The number of fused-ring (bicyclic) bond motifs is 3. The first-order chi connectivity index (χ1) is 13.6. The summed E-state index contributed by atoms with van der Waals surface area (Å²) in [5.41, 5.74) is 2.35. The van der Waals surface area contributed by atoms with Crippen LogP contribution in [0.2, 0.25) is 0 Å². The Morgan fingerprint density at radius 2 is 1.82 bits per heavy atom. The standard InChI is InChI=1S/C22H19FN2O3/c1-28-18-7-4-15(5-8-18)13-17(26)10-12-25-21-14-16(23)6-9-19(21)24-11-2-3-20(24)22(25)27/h2-9,11,14H,10,12-13H2,1H3. The van der Waals surface area contributed by atoms with Crippen LogP contribution in [0.25, 0.3) is 16.6 Å². The summed E-state index contributed by atoms with van der Waals surface area (Å²) in [4.78, 5) is 25.3. The van der Waals surface area contributed by atoms with Crippen molar-refractivity contribution in [1.82, 2.24) is 8.97 Å². The lowest BCUT2D eigenvalue weighted by molar-refractivity contribution is -0.118. The van der Waals surface area contributed by atoms with Crippen molar-refractivity contribution < 1.29 is 13.9 Å². The van der Waals surface area contributed by atoms with Gasteiger partial charge in [0.2, 0.25) is 0 Å². The van der Waals surface area contributed by atoms with E-state index in [4.69, 9.17) is 4.74 Å². The van der Waals surface area contributed by atoms with Gasteiger partial charge in [-0.25, -0.2) is 4.39 Å². The summed E-state index contributed by atoms with van der Waals surface area (Å²) in [6.45, 7) is 0.204. The fraction of sp³-hybridized carbons (Fsp3) is 0.182. The van der Waals surface area contributed by atoms with Crippen molar-refractivity contribution in [3.63, 3.8) is 0 Å². The minimum Gasteiger partial charge on any atom is -0.497 e. The van der Waals surface area contributed by atoms with Gasteiger partial charge in [-0.1, -0.05) is 12.1 Å². The van der Waals surface area contributed by atoms with Crippen LogP contribution in [0.15, 0.2) is 65.6 Å². The van der Waals surface area contributed by atoms with Crippen LogP contribution in [0.1, 0.15) is 12.0 Å². The molecule has 0 N–H and O–H groups in total. The minimum atomic E-state index is -0.420. The third-order valence-electron chi connectivity index (χ3n) is 4.88. The van der Waals surface area contributed by atoms with Crippen molar-refractivity contribution in [1.29, 1.82) is 0 Å². The lowest BCUT2D eigenvalue weighted by Gasteiger charge is -2.12. The van der Waals surface area contributed by atoms with Gasteiger partial charge in [0, 0.05) is 25.6 Å². The molecule has 4 aromatic rings. The SMILES string of the molecule is COc1ccc(CC(=O)CCn2c(=O)c3cccn3c3ccc(F)cc32)cc1. The van der Waals surface area contributed by atoms with Crippen molar-refractivity contribution in [3.05, 3.63) is 82.5 Å². The van der Waals surface area contributed by atoms with Gasteiger partial charge in [0.15, 0.2) is 0 Å². The van der Waals surface area contributed by atoms with Gasteiger partial charge in [-0.05, 0) is 48.0 Å². The third kappa shape index (κ3) is 3.29. The van der Waals surface area contributed by atoms with Gasteiger partial charge in [0.05, 0.1) is 18.1 Å². The number of Topliss-reactive ketones (excluding diaryl/α,β-unsaturated/α-hetero) is 1. The monoisotopic (exact) mass is 378 g/mol. The van der Waals surface area contributed by atoms with Crippen molar-refractivity contribution in [2.24, 2.45) is 0 Å². The average molecular weight is 378 g/mol. The van der Waals surface area contributed by atoms with E-state index in [1.165, 1.54) is 16.7 Å². The number of aryl methyl sites for hydroxylation is 1. The molecule has 0 unspecified atom stereocenters. The molecular weight excluding hydrogens is 359 g/mol. The van der Waals surface area contributed by atoms with Crippen LogP contribution in [0.3, 0.4) is 0 Å². The largest absolute Gasteiger partial charge is 0.497 e. The number of ketones is 1. The van der Waals surface area contributed by atoms with Gasteiger partial charge >= 0.3 is 0 Å². The molecule has 2 aromatic carbocycles. The molecule has 0 fully saturated rings. The number of carbonyl (C=O) groups excluding carboxylic acids is 1. The molecule has 2 heterocycles. The number of nitrogens with zero attached hydrogens (tertiary/aromatic N) is 2. The Morgan fingerprint density at radius 1 is 1.04 bits per heavy atom. The molecule has 4 rings (SSSR count). The molecule has 0 radical (unpaired) electrons. The van der Waals surface area contributed by atoms with Crippen LogP contribution >= 0.6 is 0 Å². The summed E-state index contributed by atoms with van der Waals surface area (Å²) in [6, 6.07) is 15.2. The van der Waals surface area contributed by atoms with E-state index in [0.29, 0.717) is 11.0 Å². The highest BCUT2D eigenvalue weighted by molar-refractivity contribution is 5.82. The fourth-order valence-electron chi connectivity index (χ4n) is 3.45. The molecule has 0 saturated carbocycles. The topological polar surface area (TPSA) is 52.7 Å². The Bertz CT molecular complexity index is 1220. The van der Waals surface area contributed by atoms with Gasteiger partial charge in [0.25, 0.3) is 5.56 Å². The van der Waals surface area contributed by atoms with Crippen LogP contribution in [-0.2, 0) is 17.8 Å². The number of rotatable bonds is 6. The minimum absolute atomic E-state index is 0.0110. The van der Waals surface area contributed by atoms with E-state index in [9.17, 15) is 14.0 Å². The Hall–Kier alpha value is -3.41. The van der Waals surface area contributed by atoms with Crippen molar-refractivity contribution >= 4 is 22.3 Å². The zero-order valence-electron chi connectivity index (χ0n) is 15.4. The highest BCUT2D eigenvalue weighted by Gasteiger charge is 2.13. The number of halogens is 1. The Balaban J connectivity index is 1.61. The number of hydrogen-bond acceptors (Lipinski definition) is 3. The summed E-state index contributed by atoms with van der Waals surface area (Å²) < 4.78 is 22.2. The molecule has 0 atom stereocenters. The van der Waals surface area contributed by atoms with Gasteiger partial charge in [0.1, 0.15) is 22.9 Å². The van der Waals surface area contributed by atoms with Crippen LogP contribution < -0.4 is 10.3 Å². The molecule has 0 spiro atoms. The summed E-state index contributed by atoms with van der Waals surface area (Å²) in [6.07, 6.45) is 2.24. The molecule has 142 valence electrons. The van der Waals surface area contributed by atoms with Gasteiger partial charge in [-0.15, -0.1) is 0 Å². The first-order valence-electron chi connectivity index (χ1n) is 9.00. The number of carbonyl (C=O) groups is 1. The molecule has 0 aliphatic heterocycles.